The summed E-state index contributed by atoms with van der Waals surface area (Å²) < 4.78 is 18.9. The van der Waals surface area contributed by atoms with Gasteiger partial charge in [0.15, 0.2) is 11.6 Å². The Balaban J connectivity index is 2.39. The molecule has 0 saturated heterocycles. The van der Waals surface area contributed by atoms with Crippen molar-refractivity contribution in [2.24, 2.45) is 0 Å². The maximum atomic E-state index is 13.1. The number of hydrogen-bond acceptors (Lipinski definition) is 4. The average Bonchev–Trinajstić information content (AvgIpc) is 2.54. The highest BCUT2D eigenvalue weighted by Gasteiger charge is 2.24. The number of fused-ring (bicyclic) bond motifs is 1. The van der Waals surface area contributed by atoms with E-state index in [0.717, 1.165) is 12.1 Å². The van der Waals surface area contributed by atoms with Crippen molar-refractivity contribution in [3.05, 3.63) is 79.9 Å². The van der Waals surface area contributed by atoms with Gasteiger partial charge in [0.2, 0.25) is 0 Å². The summed E-state index contributed by atoms with van der Waals surface area (Å²) in [6, 6.07) is 9.69. The quantitative estimate of drug-likeness (QED) is 0.499. The third-order valence-electron chi connectivity index (χ3n) is 3.55. The largest absolute Gasteiger partial charge is 0.422 e. The van der Waals surface area contributed by atoms with Crippen LogP contribution in [0.1, 0.15) is 33.2 Å². The van der Waals surface area contributed by atoms with Gasteiger partial charge in [-0.05, 0) is 49.4 Å². The van der Waals surface area contributed by atoms with Crippen molar-refractivity contribution in [2.45, 2.75) is 6.92 Å². The lowest BCUT2D eigenvalue weighted by atomic mass is 9.94. The van der Waals surface area contributed by atoms with Gasteiger partial charge in [-0.25, -0.2) is 9.18 Å². The van der Waals surface area contributed by atoms with Gasteiger partial charge >= 0.3 is 5.63 Å². The molecule has 0 radical (unpaired) electrons. The molecule has 0 unspecified atom stereocenters. The van der Waals surface area contributed by atoms with E-state index >= 15 is 0 Å². The van der Waals surface area contributed by atoms with Crippen LogP contribution in [0.15, 0.2) is 56.1 Å². The van der Waals surface area contributed by atoms with Gasteiger partial charge in [-0.1, -0.05) is 15.9 Å². The van der Waals surface area contributed by atoms with E-state index in [0.29, 0.717) is 9.86 Å². The number of carbonyl (C=O) groups is 2. The molecule has 0 bridgehead atoms. The van der Waals surface area contributed by atoms with Gasteiger partial charge in [0.1, 0.15) is 17.0 Å². The van der Waals surface area contributed by atoms with Crippen LogP contribution in [-0.2, 0) is 0 Å². The highest BCUT2D eigenvalue weighted by Crippen LogP contribution is 2.26. The molecule has 1 aromatic heterocycles. The second kappa shape index (κ2) is 6.13. The Bertz CT molecular complexity index is 1040. The van der Waals surface area contributed by atoms with Crippen molar-refractivity contribution in [1.29, 1.82) is 0 Å². The van der Waals surface area contributed by atoms with E-state index in [1.54, 1.807) is 12.1 Å². The van der Waals surface area contributed by atoms with E-state index < -0.39 is 23.0 Å². The van der Waals surface area contributed by atoms with E-state index in [1.165, 1.54) is 25.1 Å². The first-order valence-corrected chi connectivity index (χ1v) is 7.75. The number of ketones is 2. The molecule has 0 aliphatic heterocycles. The van der Waals surface area contributed by atoms with Crippen LogP contribution in [0.3, 0.4) is 0 Å². The topological polar surface area (TPSA) is 64.3 Å². The van der Waals surface area contributed by atoms with Crippen LogP contribution in [0.4, 0.5) is 4.39 Å². The zero-order valence-corrected chi connectivity index (χ0v) is 14.0. The van der Waals surface area contributed by atoms with Crippen molar-refractivity contribution in [3.8, 4) is 0 Å². The van der Waals surface area contributed by atoms with E-state index in [4.69, 9.17) is 4.42 Å². The Morgan fingerprint density at radius 2 is 1.71 bits per heavy atom. The Labute approximate surface area is 144 Å². The molecule has 0 amide bonds. The Morgan fingerprint density at radius 3 is 2.33 bits per heavy atom. The average molecular weight is 389 g/mol. The molecule has 6 heteroatoms. The first kappa shape index (κ1) is 16.3. The van der Waals surface area contributed by atoms with Crippen LogP contribution in [-0.4, -0.2) is 11.6 Å². The minimum Gasteiger partial charge on any atom is -0.422 e. The third-order valence-corrected chi connectivity index (χ3v) is 4.05. The maximum Gasteiger partial charge on any atom is 0.347 e. The summed E-state index contributed by atoms with van der Waals surface area (Å²) >= 11 is 3.30. The molecule has 0 aliphatic carbocycles. The highest BCUT2D eigenvalue weighted by atomic mass is 79.9. The molecule has 0 N–H and O–H groups in total. The van der Waals surface area contributed by atoms with Gasteiger partial charge in [0.05, 0.1) is 5.56 Å². The second-order valence-corrected chi connectivity index (χ2v) is 6.09. The molecule has 120 valence electrons. The van der Waals surface area contributed by atoms with Crippen LogP contribution in [0.5, 0.6) is 0 Å². The van der Waals surface area contributed by atoms with Gasteiger partial charge in [-0.2, -0.15) is 0 Å². The predicted octanol–water partition coefficient (Wildman–Crippen LogP) is 4.13. The van der Waals surface area contributed by atoms with Gasteiger partial charge in [0, 0.05) is 15.4 Å². The maximum absolute atomic E-state index is 13.1. The summed E-state index contributed by atoms with van der Waals surface area (Å²) in [4.78, 5) is 37.0. The van der Waals surface area contributed by atoms with Gasteiger partial charge in [0.25, 0.3) is 0 Å². The third kappa shape index (κ3) is 2.80. The number of rotatable bonds is 3. The second-order valence-electron chi connectivity index (χ2n) is 5.17. The number of carbonyl (C=O) groups excluding carboxylic acids is 2. The van der Waals surface area contributed by atoms with Gasteiger partial charge in [-0.3, -0.25) is 9.59 Å². The molecule has 0 spiro atoms. The van der Waals surface area contributed by atoms with Crippen LogP contribution >= 0.6 is 15.9 Å². The van der Waals surface area contributed by atoms with Crippen LogP contribution in [0.25, 0.3) is 11.0 Å². The lowest BCUT2D eigenvalue weighted by Crippen LogP contribution is -2.19. The first-order valence-electron chi connectivity index (χ1n) is 6.96. The normalized spacial score (nSPS) is 10.8. The van der Waals surface area contributed by atoms with Crippen LogP contribution < -0.4 is 5.63 Å². The summed E-state index contributed by atoms with van der Waals surface area (Å²) in [6.07, 6.45) is 0. The SMILES string of the molecule is CC(=O)c1c(C(=O)c2ccc(F)cc2)c2cc(Br)ccc2oc1=O. The van der Waals surface area contributed by atoms with E-state index in [2.05, 4.69) is 15.9 Å². The number of benzene rings is 2. The molecule has 0 saturated carbocycles. The lowest BCUT2D eigenvalue weighted by molar-refractivity contribution is 0.0987. The summed E-state index contributed by atoms with van der Waals surface area (Å²) in [5.41, 5.74) is -0.858. The zero-order chi connectivity index (χ0) is 17.4. The lowest BCUT2D eigenvalue weighted by Gasteiger charge is -2.09. The molecule has 4 nitrogen and oxygen atoms in total. The molecule has 24 heavy (non-hydrogen) atoms. The van der Waals surface area contributed by atoms with E-state index in [-0.39, 0.29) is 22.3 Å². The fourth-order valence-electron chi connectivity index (χ4n) is 2.48. The standard InChI is InChI=1S/C18H10BrFO4/c1-9(21)15-16(17(22)10-2-5-12(20)6-3-10)13-8-11(19)4-7-14(13)24-18(15)23/h2-8H,1H3. The van der Waals surface area contributed by atoms with Crippen molar-refractivity contribution < 1.29 is 18.4 Å². The Morgan fingerprint density at radius 1 is 1.04 bits per heavy atom. The summed E-state index contributed by atoms with van der Waals surface area (Å²) in [5.74, 6) is -1.61. The molecule has 3 aromatic rings. The predicted molar refractivity (Wildman–Crippen MR) is 90.0 cm³/mol. The van der Waals surface area contributed by atoms with Crippen molar-refractivity contribution >= 4 is 38.5 Å². The molecule has 1 heterocycles. The molecular weight excluding hydrogens is 379 g/mol. The molecule has 0 fully saturated rings. The first-order chi connectivity index (χ1) is 11.4. The monoisotopic (exact) mass is 388 g/mol. The molecule has 0 atom stereocenters. The fraction of sp³-hybridized carbons (Fsp3) is 0.0556. The smallest absolute Gasteiger partial charge is 0.347 e. The number of Topliss-reactive ketones (excluding diaryl/α,β-unsaturated/α-hetero) is 1. The molecule has 3 rings (SSSR count). The summed E-state index contributed by atoms with van der Waals surface area (Å²) in [6.45, 7) is 1.19. The van der Waals surface area contributed by atoms with Crippen LogP contribution in [0.2, 0.25) is 0 Å². The highest BCUT2D eigenvalue weighted by molar-refractivity contribution is 9.10. The van der Waals surface area contributed by atoms with E-state index in [9.17, 15) is 18.8 Å². The van der Waals surface area contributed by atoms with Gasteiger partial charge in [-0.15, -0.1) is 0 Å². The molecule has 0 aliphatic rings. The fourth-order valence-corrected chi connectivity index (χ4v) is 2.84. The minimum absolute atomic E-state index is 0.0401. The van der Waals surface area contributed by atoms with Crippen molar-refractivity contribution in [3.63, 3.8) is 0 Å². The van der Waals surface area contributed by atoms with Crippen LogP contribution in [0, 0.1) is 5.82 Å². The minimum atomic E-state index is -0.872. The summed E-state index contributed by atoms with van der Waals surface area (Å²) in [7, 11) is 0. The van der Waals surface area contributed by atoms with Gasteiger partial charge < -0.3 is 4.42 Å². The number of halogens is 2. The molecular formula is C18H10BrFO4. The Kier molecular flexibility index (Phi) is 4.15. The number of hydrogen-bond donors (Lipinski definition) is 0. The molecule has 2 aromatic carbocycles. The van der Waals surface area contributed by atoms with Crippen molar-refractivity contribution in [2.75, 3.05) is 0 Å². The van der Waals surface area contributed by atoms with Crippen molar-refractivity contribution in [1.82, 2.24) is 0 Å². The Hall–Kier alpha value is -2.60. The summed E-state index contributed by atoms with van der Waals surface area (Å²) in [5, 5.41) is 0.337. The zero-order valence-electron chi connectivity index (χ0n) is 12.4. The van der Waals surface area contributed by atoms with E-state index in [1.807, 2.05) is 0 Å².